The normalized spacial score (nSPS) is 22.8. The Morgan fingerprint density at radius 3 is 1.47 bits per heavy atom. The van der Waals surface area contributed by atoms with Crippen molar-refractivity contribution in [3.8, 4) is 6.07 Å². The number of nitrogens with zero attached hydrogens (tertiary/aromatic N) is 4. The minimum Gasteiger partial charge on any atom is -0.333 e. The Balaban J connectivity index is -0.0000000315. The number of hydrogen-bond donors (Lipinski definition) is 1. The summed E-state index contributed by atoms with van der Waals surface area (Å²) in [4.78, 5) is 4.68. The highest BCUT2D eigenvalue weighted by molar-refractivity contribution is 5.89. The molecule has 5 unspecified atom stereocenters. The molecular formula is C40H99N5. The molecule has 2 N–H and O–H groups in total. The lowest BCUT2D eigenvalue weighted by atomic mass is 9.70. The minimum atomic E-state index is 0. The molecule has 2 aliphatic heterocycles. The fraction of sp³-hybridized carbons (Fsp3) is 0.875. The topological polar surface area (TPSA) is 77.8 Å². The van der Waals surface area contributed by atoms with Crippen molar-refractivity contribution in [3.63, 3.8) is 0 Å². The zero-order valence-electron chi connectivity index (χ0n) is 26.9. The van der Waals surface area contributed by atoms with E-state index in [1.807, 2.05) is 0 Å². The fourth-order valence-corrected chi connectivity index (χ4v) is 5.39. The molecule has 5 atom stereocenters. The molecule has 2 aliphatic rings. The van der Waals surface area contributed by atoms with Gasteiger partial charge in [0, 0.05) is 36.7 Å². The van der Waals surface area contributed by atoms with Gasteiger partial charge in [0.15, 0.2) is 0 Å². The Kier molecular flexibility index (Phi) is 74.4. The molecule has 5 nitrogen and oxygen atoms in total. The average Bonchev–Trinajstić information content (AvgIpc) is 3.22. The van der Waals surface area contributed by atoms with Gasteiger partial charge in [-0.2, -0.15) is 10.4 Å². The standard InChI is InChI=1S/C11H21N.C10H20N2.C7H14.C2H3N.CH5N.9CH4/c1-6-10-8(3)12-9(4)11(10,5)7-2;1-6-9-10(4,7-2)8(3)11-12(9)5;1-4-6-7(3)5-2;1-2-3;1-2;;;;;;;;;/h9-10H,6-7H2,1-5H3;9H,6-7H2,1-5H3;6H,4-5H2,1-3H3;1H3;2H2,1H3;9*1H4/b;;7-6-;;;;;;;;;;;. The third-order valence-corrected chi connectivity index (χ3v) is 8.37. The minimum absolute atomic E-state index is 0. The third-order valence-electron chi connectivity index (χ3n) is 8.37. The van der Waals surface area contributed by atoms with Crippen LogP contribution in [0.25, 0.3) is 0 Å². The van der Waals surface area contributed by atoms with Crippen LogP contribution in [0.5, 0.6) is 0 Å². The van der Waals surface area contributed by atoms with Crippen LogP contribution in [0.2, 0.25) is 0 Å². The summed E-state index contributed by atoms with van der Waals surface area (Å²) in [6.07, 6.45) is 9.50. The van der Waals surface area contributed by atoms with Crippen LogP contribution in [0.15, 0.2) is 21.7 Å². The lowest BCUT2D eigenvalue weighted by molar-refractivity contribution is 0.179. The Morgan fingerprint density at radius 2 is 1.27 bits per heavy atom. The Bertz CT molecular complexity index is 704. The average molecular weight is 650 g/mol. The van der Waals surface area contributed by atoms with Gasteiger partial charge in [-0.25, -0.2) is 0 Å². The first kappa shape index (κ1) is 79.1. The van der Waals surface area contributed by atoms with E-state index in [1.165, 1.54) is 69.5 Å². The molecule has 0 amide bonds. The maximum absolute atomic E-state index is 7.32. The molecule has 5 heteroatoms. The molecule has 0 aromatic carbocycles. The van der Waals surface area contributed by atoms with Crippen LogP contribution in [0, 0.1) is 28.1 Å². The number of hydrogen-bond acceptors (Lipinski definition) is 5. The van der Waals surface area contributed by atoms with E-state index < -0.39 is 0 Å². The summed E-state index contributed by atoms with van der Waals surface area (Å²) in [7, 11) is 3.58. The van der Waals surface area contributed by atoms with Crippen molar-refractivity contribution in [2.45, 2.75) is 207 Å². The van der Waals surface area contributed by atoms with Crippen molar-refractivity contribution >= 4 is 11.4 Å². The first-order valence-corrected chi connectivity index (χ1v) is 14.2. The molecule has 0 saturated heterocycles. The number of allylic oxidation sites excluding steroid dienone is 2. The van der Waals surface area contributed by atoms with Crippen molar-refractivity contribution in [1.82, 2.24) is 5.01 Å². The van der Waals surface area contributed by atoms with E-state index in [9.17, 15) is 0 Å². The van der Waals surface area contributed by atoms with E-state index in [1.54, 1.807) is 6.07 Å². The van der Waals surface area contributed by atoms with Gasteiger partial charge in [0.05, 0.1) is 18.2 Å². The predicted molar refractivity (Wildman–Crippen MR) is 224 cm³/mol. The van der Waals surface area contributed by atoms with Crippen molar-refractivity contribution in [1.29, 1.82) is 5.26 Å². The molecule has 0 spiro atoms. The second-order valence-electron chi connectivity index (χ2n) is 10.3. The van der Waals surface area contributed by atoms with Gasteiger partial charge in [0.2, 0.25) is 0 Å². The number of nitriles is 1. The van der Waals surface area contributed by atoms with Gasteiger partial charge < -0.3 is 5.73 Å². The quantitative estimate of drug-likeness (QED) is 0.291. The summed E-state index contributed by atoms with van der Waals surface area (Å²) >= 11 is 0. The van der Waals surface area contributed by atoms with Crippen LogP contribution in [-0.2, 0) is 0 Å². The molecule has 45 heavy (non-hydrogen) atoms. The summed E-state index contributed by atoms with van der Waals surface area (Å²) in [5, 5.41) is 14.0. The Labute approximate surface area is 293 Å². The van der Waals surface area contributed by atoms with E-state index in [0.29, 0.717) is 22.9 Å². The van der Waals surface area contributed by atoms with Crippen molar-refractivity contribution < 1.29 is 0 Å². The number of hydrazone groups is 1. The van der Waals surface area contributed by atoms with Gasteiger partial charge in [-0.15, -0.1) is 0 Å². The van der Waals surface area contributed by atoms with E-state index in [2.05, 4.69) is 117 Å². The van der Waals surface area contributed by atoms with E-state index in [0.717, 1.165) is 5.92 Å². The highest BCUT2D eigenvalue weighted by atomic mass is 15.5. The van der Waals surface area contributed by atoms with Crippen LogP contribution in [0.1, 0.15) is 195 Å². The molecule has 0 radical (unpaired) electrons. The van der Waals surface area contributed by atoms with Crippen molar-refractivity contribution in [2.75, 3.05) is 14.1 Å². The molecule has 284 valence electrons. The van der Waals surface area contributed by atoms with Gasteiger partial charge in [-0.3, -0.25) is 10.0 Å². The number of nitrogens with two attached hydrogens (primary N) is 1. The molecule has 0 fully saturated rings. The zero-order valence-corrected chi connectivity index (χ0v) is 26.9. The summed E-state index contributed by atoms with van der Waals surface area (Å²) < 4.78 is 0. The van der Waals surface area contributed by atoms with Crippen LogP contribution >= 0.6 is 0 Å². The van der Waals surface area contributed by atoms with Gasteiger partial charge >= 0.3 is 0 Å². The molecule has 0 aromatic heterocycles. The molecule has 0 aromatic rings. The smallest absolute Gasteiger partial charge is 0.0587 e. The molecule has 0 saturated carbocycles. The van der Waals surface area contributed by atoms with Gasteiger partial charge in [0.25, 0.3) is 0 Å². The highest BCUT2D eigenvalue weighted by Crippen LogP contribution is 2.44. The van der Waals surface area contributed by atoms with E-state index in [-0.39, 0.29) is 66.8 Å². The fourth-order valence-electron chi connectivity index (χ4n) is 5.39. The van der Waals surface area contributed by atoms with Gasteiger partial charge in [0.1, 0.15) is 0 Å². The van der Waals surface area contributed by atoms with Crippen molar-refractivity contribution in [2.24, 2.45) is 32.6 Å². The summed E-state index contributed by atoms with van der Waals surface area (Å²) in [6.45, 7) is 28.3. The van der Waals surface area contributed by atoms with E-state index in [4.69, 9.17) is 5.26 Å². The van der Waals surface area contributed by atoms with Crippen LogP contribution in [0.3, 0.4) is 0 Å². The highest BCUT2D eigenvalue weighted by Gasteiger charge is 2.43. The molecule has 2 rings (SSSR count). The molecular weight excluding hydrogens is 550 g/mol. The van der Waals surface area contributed by atoms with Crippen molar-refractivity contribution in [3.05, 3.63) is 11.6 Å². The SMILES string of the molecule is C.C.C.C.C.C.C.C.C.CC#N.CC/C=C(/C)CC.CCC1C(C)=NC(C)C1(C)CC.CCC1N(C)N=C(C)C1(C)CC.CN. The first-order chi connectivity index (χ1) is 16.8. The summed E-state index contributed by atoms with van der Waals surface area (Å²) in [5.41, 5.74) is 9.40. The van der Waals surface area contributed by atoms with Gasteiger partial charge in [-0.1, -0.05) is 134 Å². The zero-order chi connectivity index (χ0) is 29.1. The van der Waals surface area contributed by atoms with E-state index >= 15 is 0 Å². The van der Waals surface area contributed by atoms with Crippen LogP contribution < -0.4 is 5.73 Å². The van der Waals surface area contributed by atoms with Gasteiger partial charge in [-0.05, 0) is 78.7 Å². The Morgan fingerprint density at radius 1 is 0.867 bits per heavy atom. The first-order valence-electron chi connectivity index (χ1n) is 14.2. The number of rotatable bonds is 6. The second-order valence-corrected chi connectivity index (χ2v) is 10.3. The molecule has 0 bridgehead atoms. The van der Waals surface area contributed by atoms with Crippen LogP contribution in [0.4, 0.5) is 0 Å². The third kappa shape index (κ3) is 24.2. The monoisotopic (exact) mass is 650 g/mol. The van der Waals surface area contributed by atoms with Crippen LogP contribution in [-0.4, -0.2) is 42.6 Å². The lowest BCUT2D eigenvalue weighted by Crippen LogP contribution is -2.38. The maximum Gasteiger partial charge on any atom is 0.0587 e. The molecule has 0 aliphatic carbocycles. The molecule has 2 heterocycles. The largest absolute Gasteiger partial charge is 0.333 e. The summed E-state index contributed by atoms with van der Waals surface area (Å²) in [5.74, 6) is 0.720. The summed E-state index contributed by atoms with van der Waals surface area (Å²) in [6, 6.07) is 2.87. The second kappa shape index (κ2) is 42.3. The Hall–Kier alpha value is -1.67. The lowest BCUT2D eigenvalue weighted by Gasteiger charge is -2.33. The number of aliphatic imine (C=N–C) groups is 1. The maximum atomic E-state index is 7.32. The predicted octanol–water partition coefficient (Wildman–Crippen LogP) is 14.4.